The summed E-state index contributed by atoms with van der Waals surface area (Å²) in [5.41, 5.74) is 0.655. The Morgan fingerprint density at radius 3 is 2.48 bits per heavy atom. The summed E-state index contributed by atoms with van der Waals surface area (Å²) in [5, 5.41) is 5.24. The molecule has 0 spiro atoms. The molecule has 0 unspecified atom stereocenters. The van der Waals surface area contributed by atoms with E-state index in [4.69, 9.17) is 0 Å². The Labute approximate surface area is 153 Å². The van der Waals surface area contributed by atoms with Gasteiger partial charge in [0, 0.05) is 5.69 Å². The highest BCUT2D eigenvalue weighted by atomic mass is 19.4. The topological polar surface area (TPSA) is 67.4 Å². The van der Waals surface area contributed by atoms with Crippen molar-refractivity contribution >= 4 is 17.7 Å². The quantitative estimate of drug-likeness (QED) is 0.821. The summed E-state index contributed by atoms with van der Waals surface area (Å²) in [4.78, 5) is 24.0. The highest BCUT2D eigenvalue weighted by molar-refractivity contribution is 5.97. The van der Waals surface area contributed by atoms with Crippen LogP contribution in [0.15, 0.2) is 48.5 Å². The summed E-state index contributed by atoms with van der Waals surface area (Å²) < 4.78 is 43.7. The molecule has 3 rings (SSSR count). The number of alkyl carbamates (subject to hydrolysis) is 1. The molecule has 0 aliphatic carbocycles. The number of halogens is 3. The first-order valence-electron chi connectivity index (χ1n) is 8.21. The maximum atomic E-state index is 13.1. The number of alkyl halides is 3. The van der Waals surface area contributed by atoms with Gasteiger partial charge in [0.15, 0.2) is 0 Å². The number of carbonyl (C=O) groups excluding carboxylic acids is 2. The van der Waals surface area contributed by atoms with Crippen LogP contribution in [0.2, 0.25) is 0 Å². The SMILES string of the molecule is COC(=O)NC(=O)[C@H]1C[C@@H](c2ccccc2)Nc2ccc(C(F)(F)F)cc21. The number of imide groups is 1. The van der Waals surface area contributed by atoms with Crippen LogP contribution in [-0.4, -0.2) is 19.1 Å². The van der Waals surface area contributed by atoms with Gasteiger partial charge in [0.05, 0.1) is 24.6 Å². The lowest BCUT2D eigenvalue weighted by Gasteiger charge is -2.33. The average molecular weight is 378 g/mol. The minimum atomic E-state index is -4.53. The largest absolute Gasteiger partial charge is 0.453 e. The molecular formula is C19H17F3N2O3. The van der Waals surface area contributed by atoms with E-state index >= 15 is 0 Å². The van der Waals surface area contributed by atoms with Crippen molar-refractivity contribution in [3.05, 3.63) is 65.2 Å². The van der Waals surface area contributed by atoms with Crippen molar-refractivity contribution in [1.82, 2.24) is 5.32 Å². The monoisotopic (exact) mass is 378 g/mol. The Kier molecular flexibility index (Phi) is 5.07. The Bertz CT molecular complexity index is 853. The number of amides is 2. The molecule has 1 heterocycles. The van der Waals surface area contributed by atoms with E-state index in [1.807, 2.05) is 30.3 Å². The summed E-state index contributed by atoms with van der Waals surface area (Å²) in [6, 6.07) is 12.2. The zero-order valence-corrected chi connectivity index (χ0v) is 14.3. The first-order valence-corrected chi connectivity index (χ1v) is 8.21. The number of hydrogen-bond acceptors (Lipinski definition) is 4. The maximum Gasteiger partial charge on any atom is 0.416 e. The van der Waals surface area contributed by atoms with Gasteiger partial charge in [0.25, 0.3) is 0 Å². The molecule has 2 aromatic carbocycles. The molecule has 0 radical (unpaired) electrons. The molecule has 0 saturated carbocycles. The second kappa shape index (κ2) is 7.30. The Morgan fingerprint density at radius 2 is 1.85 bits per heavy atom. The summed E-state index contributed by atoms with van der Waals surface area (Å²) in [7, 11) is 1.10. The number of hydrogen-bond donors (Lipinski definition) is 2. The van der Waals surface area contributed by atoms with E-state index in [1.54, 1.807) is 0 Å². The van der Waals surface area contributed by atoms with E-state index < -0.39 is 29.7 Å². The molecule has 1 aliphatic heterocycles. The van der Waals surface area contributed by atoms with Crippen molar-refractivity contribution in [1.29, 1.82) is 0 Å². The Balaban J connectivity index is 2.01. The highest BCUT2D eigenvalue weighted by Gasteiger charge is 2.37. The second-order valence-corrected chi connectivity index (χ2v) is 6.18. The molecular weight excluding hydrogens is 361 g/mol. The molecule has 0 aromatic heterocycles. The normalized spacial score (nSPS) is 18.8. The van der Waals surface area contributed by atoms with E-state index in [2.05, 4.69) is 15.4 Å². The second-order valence-electron chi connectivity index (χ2n) is 6.18. The zero-order chi connectivity index (χ0) is 19.6. The summed E-state index contributed by atoms with van der Waals surface area (Å²) >= 11 is 0. The third-order valence-electron chi connectivity index (χ3n) is 4.48. The van der Waals surface area contributed by atoms with Crippen LogP contribution in [0.4, 0.5) is 23.7 Å². The molecule has 0 bridgehead atoms. The van der Waals surface area contributed by atoms with Gasteiger partial charge in [-0.2, -0.15) is 13.2 Å². The molecule has 2 atom stereocenters. The van der Waals surface area contributed by atoms with Crippen LogP contribution in [0.25, 0.3) is 0 Å². The smallest absolute Gasteiger partial charge is 0.416 e. The number of nitrogens with one attached hydrogen (secondary N) is 2. The van der Waals surface area contributed by atoms with Gasteiger partial charge in [-0.1, -0.05) is 30.3 Å². The van der Waals surface area contributed by atoms with Crippen molar-refractivity contribution in [2.24, 2.45) is 0 Å². The van der Waals surface area contributed by atoms with E-state index in [1.165, 1.54) is 6.07 Å². The predicted octanol–water partition coefficient (Wildman–Crippen LogP) is 4.23. The lowest BCUT2D eigenvalue weighted by Crippen LogP contribution is -2.37. The molecule has 2 aromatic rings. The zero-order valence-electron chi connectivity index (χ0n) is 14.3. The summed E-state index contributed by atoms with van der Waals surface area (Å²) in [6.07, 6.45) is -5.29. The van der Waals surface area contributed by atoms with Gasteiger partial charge in [-0.15, -0.1) is 0 Å². The van der Waals surface area contributed by atoms with Crippen LogP contribution in [0.1, 0.15) is 35.1 Å². The van der Waals surface area contributed by atoms with Crippen LogP contribution in [0.5, 0.6) is 0 Å². The lowest BCUT2D eigenvalue weighted by molar-refractivity contribution is -0.137. The molecule has 2 N–H and O–H groups in total. The van der Waals surface area contributed by atoms with Crippen molar-refractivity contribution in [2.75, 3.05) is 12.4 Å². The van der Waals surface area contributed by atoms with Gasteiger partial charge in [-0.25, -0.2) is 4.79 Å². The van der Waals surface area contributed by atoms with Crippen molar-refractivity contribution in [2.45, 2.75) is 24.6 Å². The third-order valence-corrected chi connectivity index (χ3v) is 4.48. The van der Waals surface area contributed by atoms with E-state index in [0.717, 1.165) is 24.8 Å². The van der Waals surface area contributed by atoms with Crippen LogP contribution < -0.4 is 10.6 Å². The highest BCUT2D eigenvalue weighted by Crippen LogP contribution is 2.42. The van der Waals surface area contributed by atoms with Crippen molar-refractivity contribution < 1.29 is 27.5 Å². The fourth-order valence-corrected chi connectivity index (χ4v) is 3.16. The Morgan fingerprint density at radius 1 is 1.15 bits per heavy atom. The number of anilines is 1. The first kappa shape index (κ1) is 18.8. The van der Waals surface area contributed by atoms with Crippen LogP contribution >= 0.6 is 0 Å². The predicted molar refractivity (Wildman–Crippen MR) is 92.2 cm³/mol. The van der Waals surface area contributed by atoms with Gasteiger partial charge >= 0.3 is 12.3 Å². The van der Waals surface area contributed by atoms with Crippen LogP contribution in [-0.2, 0) is 15.7 Å². The van der Waals surface area contributed by atoms with Gasteiger partial charge in [-0.3, -0.25) is 10.1 Å². The maximum absolute atomic E-state index is 13.1. The fraction of sp³-hybridized carbons (Fsp3) is 0.263. The number of benzene rings is 2. The van der Waals surface area contributed by atoms with E-state index in [9.17, 15) is 22.8 Å². The van der Waals surface area contributed by atoms with Crippen molar-refractivity contribution in [3.63, 3.8) is 0 Å². The number of rotatable bonds is 2. The standard InChI is InChI=1S/C19H17F3N2O3/c1-27-18(26)24-17(25)14-10-16(11-5-3-2-4-6-11)23-15-8-7-12(9-13(14)15)19(20,21)22/h2-9,14,16,23H,10H2,1H3,(H,24,25,26)/t14-,16-/m0/s1. The molecule has 0 saturated heterocycles. The summed E-state index contributed by atoms with van der Waals surface area (Å²) in [5.74, 6) is -1.64. The minimum Gasteiger partial charge on any atom is -0.453 e. The number of methoxy groups -OCH3 is 1. The summed E-state index contributed by atoms with van der Waals surface area (Å²) in [6.45, 7) is 0. The van der Waals surface area contributed by atoms with Crippen LogP contribution in [0.3, 0.4) is 0 Å². The lowest BCUT2D eigenvalue weighted by atomic mass is 9.83. The van der Waals surface area contributed by atoms with Gasteiger partial charge < -0.3 is 10.1 Å². The average Bonchev–Trinajstić information content (AvgIpc) is 2.66. The third kappa shape index (κ3) is 4.05. The van der Waals surface area contributed by atoms with Gasteiger partial charge in [-0.05, 0) is 35.7 Å². The van der Waals surface area contributed by atoms with E-state index in [-0.39, 0.29) is 18.0 Å². The van der Waals surface area contributed by atoms with Crippen molar-refractivity contribution in [3.8, 4) is 0 Å². The van der Waals surface area contributed by atoms with Gasteiger partial charge in [0.1, 0.15) is 0 Å². The van der Waals surface area contributed by atoms with Gasteiger partial charge in [0.2, 0.25) is 5.91 Å². The number of fused-ring (bicyclic) bond motifs is 1. The molecule has 1 aliphatic rings. The Hall–Kier alpha value is -3.03. The molecule has 5 nitrogen and oxygen atoms in total. The van der Waals surface area contributed by atoms with E-state index in [0.29, 0.717) is 5.69 Å². The number of ether oxygens (including phenoxy) is 1. The fourth-order valence-electron chi connectivity index (χ4n) is 3.16. The molecule has 142 valence electrons. The molecule has 2 amide bonds. The molecule has 8 heteroatoms. The van der Waals surface area contributed by atoms with Crippen LogP contribution in [0, 0.1) is 0 Å². The minimum absolute atomic E-state index is 0.193. The molecule has 27 heavy (non-hydrogen) atoms. The first-order chi connectivity index (χ1) is 12.8. The number of carbonyl (C=O) groups is 2. The molecule has 0 fully saturated rings.